The van der Waals surface area contributed by atoms with Crippen LogP contribution in [0.2, 0.25) is 0 Å². The average molecular weight is 247 g/mol. The van der Waals surface area contributed by atoms with Crippen molar-refractivity contribution in [1.82, 2.24) is 0 Å². The molecule has 0 aliphatic carbocycles. The van der Waals surface area contributed by atoms with Gasteiger partial charge in [0.15, 0.2) is 6.17 Å². The van der Waals surface area contributed by atoms with Crippen LogP contribution in [0.25, 0.3) is 0 Å². The van der Waals surface area contributed by atoms with Crippen LogP contribution >= 0.6 is 15.9 Å². The third kappa shape index (κ3) is 3.06. The highest BCUT2D eigenvalue weighted by molar-refractivity contribution is 9.10. The lowest BCUT2D eigenvalue weighted by atomic mass is 10.1. The number of hydroxylamine groups is 2. The summed E-state index contributed by atoms with van der Waals surface area (Å²) in [6.07, 6.45) is -0.491. The standard InChI is InChI=1S/C8H11BrN2O2/c9-7-4-2-1-3-6(7)5-8(10)11(12)13/h1-4,8,11-12H,5,10H2. The number of rotatable bonds is 3. The highest BCUT2D eigenvalue weighted by Crippen LogP contribution is 2.16. The third-order valence-electron chi connectivity index (χ3n) is 1.71. The van der Waals surface area contributed by atoms with Gasteiger partial charge in [-0.05, 0) is 11.6 Å². The summed E-state index contributed by atoms with van der Waals surface area (Å²) in [4.78, 5) is 0. The van der Waals surface area contributed by atoms with Crippen molar-refractivity contribution in [3.05, 3.63) is 39.5 Å². The van der Waals surface area contributed by atoms with Gasteiger partial charge >= 0.3 is 0 Å². The van der Waals surface area contributed by atoms with Gasteiger partial charge in [0.25, 0.3) is 0 Å². The molecule has 0 aliphatic heterocycles. The summed E-state index contributed by atoms with van der Waals surface area (Å²) in [7, 11) is 0. The number of hydrogen-bond acceptors (Lipinski definition) is 3. The molecule has 1 aromatic rings. The molecule has 0 radical (unpaired) electrons. The van der Waals surface area contributed by atoms with Crippen LogP contribution in [0.3, 0.4) is 0 Å². The first-order chi connectivity index (χ1) is 6.11. The van der Waals surface area contributed by atoms with Crippen LogP contribution < -0.4 is 11.0 Å². The second-order valence-corrected chi connectivity index (χ2v) is 3.59. The van der Waals surface area contributed by atoms with Gasteiger partial charge in [-0.1, -0.05) is 34.1 Å². The maximum Gasteiger partial charge on any atom is 0.172 e. The predicted octanol–water partition coefficient (Wildman–Crippen LogP) is 0.0483. The Morgan fingerprint density at radius 3 is 2.69 bits per heavy atom. The minimum Gasteiger partial charge on any atom is -0.599 e. The number of quaternary nitrogens is 1. The van der Waals surface area contributed by atoms with Gasteiger partial charge in [0.05, 0.1) is 0 Å². The predicted molar refractivity (Wildman–Crippen MR) is 51.9 cm³/mol. The van der Waals surface area contributed by atoms with Crippen molar-refractivity contribution in [3.8, 4) is 0 Å². The van der Waals surface area contributed by atoms with E-state index in [0.29, 0.717) is 6.42 Å². The Kier molecular flexibility index (Phi) is 3.83. The average Bonchev–Trinajstić information content (AvgIpc) is 2.08. The lowest BCUT2D eigenvalue weighted by Crippen LogP contribution is -3.11. The van der Waals surface area contributed by atoms with E-state index < -0.39 is 11.4 Å². The summed E-state index contributed by atoms with van der Waals surface area (Å²) < 4.78 is 0.895. The summed E-state index contributed by atoms with van der Waals surface area (Å²) in [5.41, 5.74) is 6.31. The van der Waals surface area contributed by atoms with E-state index >= 15 is 0 Å². The zero-order valence-electron chi connectivity index (χ0n) is 6.90. The molecule has 4 nitrogen and oxygen atoms in total. The molecule has 0 fully saturated rings. The number of halogens is 1. The molecule has 0 heterocycles. The maximum atomic E-state index is 10.5. The normalized spacial score (nSPS) is 15.4. The lowest BCUT2D eigenvalue weighted by Gasteiger charge is -2.20. The number of benzene rings is 1. The second-order valence-electron chi connectivity index (χ2n) is 2.74. The Morgan fingerprint density at radius 2 is 2.15 bits per heavy atom. The SMILES string of the molecule is NC(Cc1ccccc1Br)[NH+]([O-])O. The van der Waals surface area contributed by atoms with Crippen molar-refractivity contribution in [2.75, 3.05) is 0 Å². The molecule has 13 heavy (non-hydrogen) atoms. The van der Waals surface area contributed by atoms with E-state index in [-0.39, 0.29) is 0 Å². The summed E-state index contributed by atoms with van der Waals surface area (Å²) in [6.45, 7) is 0. The first kappa shape index (κ1) is 10.6. The molecular formula is C8H11BrN2O2. The van der Waals surface area contributed by atoms with Crippen LogP contribution in [0.4, 0.5) is 0 Å². The third-order valence-corrected chi connectivity index (χ3v) is 2.49. The fraction of sp³-hybridized carbons (Fsp3) is 0.250. The molecule has 72 valence electrons. The van der Waals surface area contributed by atoms with Crippen LogP contribution in [0.1, 0.15) is 5.56 Å². The lowest BCUT2D eigenvalue weighted by molar-refractivity contribution is -1.07. The van der Waals surface area contributed by atoms with E-state index in [1.54, 1.807) is 0 Å². The van der Waals surface area contributed by atoms with Crippen LogP contribution in [0.15, 0.2) is 28.7 Å². The van der Waals surface area contributed by atoms with Gasteiger partial charge in [0.2, 0.25) is 0 Å². The number of nitrogens with two attached hydrogens (primary N) is 1. The molecule has 1 aromatic carbocycles. The van der Waals surface area contributed by atoms with Gasteiger partial charge in [0, 0.05) is 10.9 Å². The largest absolute Gasteiger partial charge is 0.599 e. The Hall–Kier alpha value is -0.460. The van der Waals surface area contributed by atoms with Gasteiger partial charge in [-0.3, -0.25) is 5.73 Å². The monoisotopic (exact) mass is 246 g/mol. The van der Waals surface area contributed by atoms with Gasteiger partial charge in [0.1, 0.15) is 0 Å². The molecule has 2 atom stereocenters. The maximum absolute atomic E-state index is 10.5. The summed E-state index contributed by atoms with van der Waals surface area (Å²) in [5.74, 6) is 0. The number of hydrogen-bond donors (Lipinski definition) is 3. The molecule has 1 rings (SSSR count). The van der Waals surface area contributed by atoms with E-state index in [2.05, 4.69) is 15.9 Å². The zero-order chi connectivity index (χ0) is 9.84. The smallest absolute Gasteiger partial charge is 0.172 e. The van der Waals surface area contributed by atoms with Crippen LogP contribution in [-0.2, 0) is 6.42 Å². The van der Waals surface area contributed by atoms with E-state index in [0.717, 1.165) is 10.0 Å². The molecule has 0 saturated heterocycles. The molecule has 0 spiro atoms. The molecule has 5 heteroatoms. The van der Waals surface area contributed by atoms with Crippen LogP contribution in [-0.4, -0.2) is 11.4 Å². The quantitative estimate of drug-likeness (QED) is 0.522. The van der Waals surface area contributed by atoms with E-state index in [9.17, 15) is 5.21 Å². The first-order valence-corrected chi connectivity index (χ1v) is 4.62. The molecule has 0 saturated carbocycles. The molecule has 0 aliphatic rings. The summed E-state index contributed by atoms with van der Waals surface area (Å²) >= 11 is 3.33. The Morgan fingerprint density at radius 1 is 1.54 bits per heavy atom. The van der Waals surface area contributed by atoms with Crippen molar-refractivity contribution in [2.24, 2.45) is 5.73 Å². The van der Waals surface area contributed by atoms with E-state index in [4.69, 9.17) is 10.9 Å². The highest BCUT2D eigenvalue weighted by atomic mass is 79.9. The molecule has 0 aromatic heterocycles. The minimum absolute atomic E-state index is 0.344. The van der Waals surface area contributed by atoms with Gasteiger partial charge in [-0.2, -0.15) is 0 Å². The second kappa shape index (κ2) is 4.69. The Bertz CT molecular complexity index is 281. The molecule has 0 amide bonds. The van der Waals surface area contributed by atoms with E-state index in [1.807, 2.05) is 24.3 Å². The topological polar surface area (TPSA) is 73.8 Å². The minimum atomic E-state index is -0.976. The Labute approximate surface area is 84.6 Å². The van der Waals surface area contributed by atoms with E-state index in [1.165, 1.54) is 0 Å². The first-order valence-electron chi connectivity index (χ1n) is 3.83. The molecule has 4 N–H and O–H groups in total. The van der Waals surface area contributed by atoms with Crippen molar-refractivity contribution in [1.29, 1.82) is 0 Å². The summed E-state index contributed by atoms with van der Waals surface area (Å²) in [5, 5.41) is 18.1. The fourth-order valence-corrected chi connectivity index (χ4v) is 1.43. The molecule has 0 bridgehead atoms. The molecular weight excluding hydrogens is 236 g/mol. The van der Waals surface area contributed by atoms with Crippen molar-refractivity contribution < 1.29 is 10.4 Å². The van der Waals surface area contributed by atoms with Crippen molar-refractivity contribution >= 4 is 15.9 Å². The van der Waals surface area contributed by atoms with Gasteiger partial charge in [-0.15, -0.1) is 0 Å². The van der Waals surface area contributed by atoms with Crippen LogP contribution in [0, 0.1) is 5.21 Å². The molecule has 2 unspecified atom stereocenters. The van der Waals surface area contributed by atoms with Gasteiger partial charge in [-0.25, -0.2) is 10.4 Å². The zero-order valence-corrected chi connectivity index (χ0v) is 8.49. The van der Waals surface area contributed by atoms with Gasteiger partial charge < -0.3 is 5.21 Å². The van der Waals surface area contributed by atoms with Crippen molar-refractivity contribution in [2.45, 2.75) is 12.6 Å². The fourth-order valence-electron chi connectivity index (χ4n) is 0.988. The number of nitrogens with one attached hydrogen (secondary N) is 1. The highest BCUT2D eigenvalue weighted by Gasteiger charge is 2.10. The van der Waals surface area contributed by atoms with Crippen molar-refractivity contribution in [3.63, 3.8) is 0 Å². The Balaban J connectivity index is 2.69. The van der Waals surface area contributed by atoms with Crippen LogP contribution in [0.5, 0.6) is 0 Å². The summed E-state index contributed by atoms with van der Waals surface area (Å²) in [6, 6.07) is 7.45.